The number of rotatable bonds is 10. The number of aliphatic imine (C=N–C) groups is 1. The number of nitrogens with one attached hydrogen (secondary N) is 2. The molecule has 1 fully saturated rings. The number of ether oxygens (including phenoxy) is 2. The van der Waals surface area contributed by atoms with E-state index in [-0.39, 0.29) is 42.1 Å². The third-order valence-electron chi connectivity index (χ3n) is 4.83. The van der Waals surface area contributed by atoms with Gasteiger partial charge in [0.2, 0.25) is 0 Å². The van der Waals surface area contributed by atoms with Crippen molar-refractivity contribution < 1.29 is 14.6 Å². The minimum Gasteiger partial charge on any atom is -0.487 e. The first-order valence-electron chi connectivity index (χ1n) is 9.74. The molecule has 1 saturated heterocycles. The van der Waals surface area contributed by atoms with Gasteiger partial charge in [-0.25, -0.2) is 0 Å². The molecule has 2 unspecified atom stereocenters. The predicted octanol–water partition coefficient (Wildman–Crippen LogP) is 3.46. The Hall–Kier alpha value is -0.770. The minimum atomic E-state index is -0.0602. The molecule has 160 valence electrons. The molecule has 2 atom stereocenters. The molecule has 0 amide bonds. The zero-order valence-electron chi connectivity index (χ0n) is 16.7. The highest BCUT2D eigenvalue weighted by Gasteiger charge is 2.34. The van der Waals surface area contributed by atoms with Crippen molar-refractivity contribution in [3.8, 4) is 5.75 Å². The van der Waals surface area contributed by atoms with Crippen LogP contribution in [0.2, 0.25) is 5.02 Å². The Morgan fingerprint density at radius 3 is 2.75 bits per heavy atom. The van der Waals surface area contributed by atoms with Crippen molar-refractivity contribution in [2.45, 2.75) is 39.2 Å². The van der Waals surface area contributed by atoms with Gasteiger partial charge in [0.05, 0.1) is 24.7 Å². The SMILES string of the molecule is CCNC(=NCC1(CCO)CCOC1)NCC(CC)Oc1ccccc1Cl.I. The number of hydrogen-bond donors (Lipinski definition) is 3. The van der Waals surface area contributed by atoms with Crippen LogP contribution in [-0.4, -0.2) is 56.6 Å². The molecule has 1 heterocycles. The van der Waals surface area contributed by atoms with E-state index in [1.807, 2.05) is 31.2 Å². The van der Waals surface area contributed by atoms with Crippen molar-refractivity contribution in [2.75, 3.05) is 39.5 Å². The van der Waals surface area contributed by atoms with Gasteiger partial charge in [-0.3, -0.25) is 4.99 Å². The largest absolute Gasteiger partial charge is 0.487 e. The predicted molar refractivity (Wildman–Crippen MR) is 125 cm³/mol. The maximum Gasteiger partial charge on any atom is 0.191 e. The van der Waals surface area contributed by atoms with Gasteiger partial charge < -0.3 is 25.2 Å². The molecule has 0 radical (unpaired) electrons. The lowest BCUT2D eigenvalue weighted by atomic mass is 9.84. The van der Waals surface area contributed by atoms with Crippen molar-refractivity contribution >= 4 is 41.5 Å². The number of benzene rings is 1. The Morgan fingerprint density at radius 1 is 1.36 bits per heavy atom. The van der Waals surface area contributed by atoms with Gasteiger partial charge in [0, 0.05) is 25.2 Å². The molecule has 2 rings (SSSR count). The monoisotopic (exact) mass is 525 g/mol. The quantitative estimate of drug-likeness (QED) is 0.248. The Morgan fingerprint density at radius 2 is 2.14 bits per heavy atom. The lowest BCUT2D eigenvalue weighted by Gasteiger charge is -2.25. The van der Waals surface area contributed by atoms with Gasteiger partial charge in [-0.05, 0) is 38.3 Å². The maximum atomic E-state index is 9.37. The van der Waals surface area contributed by atoms with Crippen LogP contribution in [0.25, 0.3) is 0 Å². The summed E-state index contributed by atoms with van der Waals surface area (Å²) in [6.45, 7) is 7.70. The average molecular weight is 526 g/mol. The third kappa shape index (κ3) is 7.93. The van der Waals surface area contributed by atoms with Crippen molar-refractivity contribution in [1.29, 1.82) is 0 Å². The van der Waals surface area contributed by atoms with Gasteiger partial charge in [-0.15, -0.1) is 24.0 Å². The van der Waals surface area contributed by atoms with Crippen LogP contribution in [0.15, 0.2) is 29.3 Å². The molecule has 1 aliphatic rings. The van der Waals surface area contributed by atoms with E-state index in [0.717, 1.165) is 32.0 Å². The number of nitrogens with zero attached hydrogens (tertiary/aromatic N) is 1. The van der Waals surface area contributed by atoms with Crippen molar-refractivity contribution in [1.82, 2.24) is 10.6 Å². The summed E-state index contributed by atoms with van der Waals surface area (Å²) in [5, 5.41) is 16.6. The number of guanidine groups is 1. The minimum absolute atomic E-state index is 0. The van der Waals surface area contributed by atoms with Crippen LogP contribution in [0.5, 0.6) is 5.75 Å². The Kier molecular flexibility index (Phi) is 12.1. The number of aliphatic hydroxyl groups excluding tert-OH is 1. The molecule has 1 aromatic rings. The van der Waals surface area contributed by atoms with E-state index < -0.39 is 0 Å². The topological polar surface area (TPSA) is 75.1 Å². The number of hydrogen-bond acceptors (Lipinski definition) is 4. The zero-order valence-corrected chi connectivity index (χ0v) is 19.8. The fourth-order valence-electron chi connectivity index (χ4n) is 3.08. The molecule has 6 nitrogen and oxygen atoms in total. The summed E-state index contributed by atoms with van der Waals surface area (Å²) in [5.74, 6) is 1.45. The van der Waals surface area contributed by atoms with Crippen LogP contribution < -0.4 is 15.4 Å². The second-order valence-corrected chi connectivity index (χ2v) is 7.34. The van der Waals surface area contributed by atoms with E-state index in [9.17, 15) is 5.11 Å². The summed E-state index contributed by atoms with van der Waals surface area (Å²) in [6.07, 6.45) is 2.47. The van der Waals surface area contributed by atoms with Crippen LogP contribution in [0, 0.1) is 5.41 Å². The molecule has 1 aromatic carbocycles. The van der Waals surface area contributed by atoms with E-state index in [4.69, 9.17) is 26.1 Å². The lowest BCUT2D eigenvalue weighted by Crippen LogP contribution is -2.43. The van der Waals surface area contributed by atoms with Gasteiger partial charge in [-0.1, -0.05) is 30.7 Å². The van der Waals surface area contributed by atoms with Gasteiger partial charge in [0.15, 0.2) is 5.96 Å². The summed E-state index contributed by atoms with van der Waals surface area (Å²) in [7, 11) is 0. The van der Waals surface area contributed by atoms with Gasteiger partial charge in [0.25, 0.3) is 0 Å². The highest BCUT2D eigenvalue weighted by atomic mass is 127. The summed E-state index contributed by atoms with van der Waals surface area (Å²) >= 11 is 6.19. The van der Waals surface area contributed by atoms with Crippen molar-refractivity contribution in [3.05, 3.63) is 29.3 Å². The van der Waals surface area contributed by atoms with E-state index in [1.54, 1.807) is 0 Å². The van der Waals surface area contributed by atoms with Crippen molar-refractivity contribution in [3.63, 3.8) is 0 Å². The summed E-state index contributed by atoms with van der Waals surface area (Å²) in [6, 6.07) is 7.51. The third-order valence-corrected chi connectivity index (χ3v) is 5.14. The number of halogens is 2. The molecule has 3 N–H and O–H groups in total. The molecule has 0 bridgehead atoms. The molecule has 0 aromatic heterocycles. The molecule has 1 aliphatic heterocycles. The summed E-state index contributed by atoms with van der Waals surface area (Å²) in [5.41, 5.74) is -0.0602. The van der Waals surface area contributed by atoms with Gasteiger partial charge in [-0.2, -0.15) is 0 Å². The standard InChI is InChI=1S/C20H32ClN3O3.HI/c1-3-16(27-18-8-6-5-7-17(18)21)13-23-19(22-4-2)24-14-20(9-11-25)10-12-26-15-20;/h5-8,16,25H,3-4,9-15H2,1-2H3,(H2,22,23,24);1H. The number of para-hydroxylation sites is 1. The molecular weight excluding hydrogens is 493 g/mol. The van der Waals surface area contributed by atoms with Crippen LogP contribution in [0.4, 0.5) is 0 Å². The lowest BCUT2D eigenvalue weighted by molar-refractivity contribution is 0.131. The Labute approximate surface area is 190 Å². The normalized spacial score (nSPS) is 20.4. The average Bonchev–Trinajstić information content (AvgIpc) is 3.13. The molecule has 28 heavy (non-hydrogen) atoms. The first kappa shape index (κ1) is 25.3. The van der Waals surface area contributed by atoms with Crippen LogP contribution in [0.1, 0.15) is 33.1 Å². The maximum absolute atomic E-state index is 9.37. The Bertz CT molecular complexity index is 598. The number of aliphatic hydroxyl groups is 1. The highest BCUT2D eigenvalue weighted by molar-refractivity contribution is 14.0. The van der Waals surface area contributed by atoms with E-state index in [2.05, 4.69) is 17.6 Å². The van der Waals surface area contributed by atoms with Crippen molar-refractivity contribution in [2.24, 2.45) is 10.4 Å². The molecule has 0 saturated carbocycles. The first-order chi connectivity index (χ1) is 13.1. The van der Waals surface area contributed by atoms with Crippen LogP contribution in [0.3, 0.4) is 0 Å². The summed E-state index contributed by atoms with van der Waals surface area (Å²) in [4.78, 5) is 4.74. The molecule has 0 spiro atoms. The fourth-order valence-corrected chi connectivity index (χ4v) is 3.26. The van der Waals surface area contributed by atoms with E-state index in [1.165, 1.54) is 0 Å². The van der Waals surface area contributed by atoms with E-state index in [0.29, 0.717) is 36.9 Å². The molecule has 0 aliphatic carbocycles. The zero-order chi connectivity index (χ0) is 19.5. The van der Waals surface area contributed by atoms with E-state index >= 15 is 0 Å². The first-order valence-corrected chi connectivity index (χ1v) is 10.1. The van der Waals surface area contributed by atoms with Gasteiger partial charge in [0.1, 0.15) is 11.9 Å². The van der Waals surface area contributed by atoms with Gasteiger partial charge >= 0.3 is 0 Å². The molecule has 8 heteroatoms. The Balaban J connectivity index is 0.00000392. The second kappa shape index (κ2) is 13.5. The highest BCUT2D eigenvalue weighted by Crippen LogP contribution is 2.32. The molecular formula is C20H33ClIN3O3. The van der Waals surface area contributed by atoms with Crippen LogP contribution >= 0.6 is 35.6 Å². The van der Waals surface area contributed by atoms with Crippen LogP contribution in [-0.2, 0) is 4.74 Å². The fraction of sp³-hybridized carbons (Fsp3) is 0.650. The smallest absolute Gasteiger partial charge is 0.191 e. The second-order valence-electron chi connectivity index (χ2n) is 6.93. The summed E-state index contributed by atoms with van der Waals surface area (Å²) < 4.78 is 11.6.